The topological polar surface area (TPSA) is 113 Å². The van der Waals surface area contributed by atoms with E-state index >= 15 is 0 Å². The first-order chi connectivity index (χ1) is 16.0. The summed E-state index contributed by atoms with van der Waals surface area (Å²) in [5.74, 6) is -0.520. The number of allylic oxidation sites excluding steroid dienone is 1. The Labute approximate surface area is 215 Å². The number of aliphatic carboxylic acids is 1. The van der Waals surface area contributed by atoms with Crippen LogP contribution in [0.25, 0.3) is 0 Å². The van der Waals surface area contributed by atoms with Crippen molar-refractivity contribution in [3.05, 3.63) is 39.1 Å². The molecule has 0 saturated carbocycles. The van der Waals surface area contributed by atoms with Crippen LogP contribution in [0.4, 0.5) is 0 Å². The van der Waals surface area contributed by atoms with Crippen LogP contribution in [0, 0.1) is 12.3 Å². The monoisotopic (exact) mass is 529 g/mol. The van der Waals surface area contributed by atoms with Crippen molar-refractivity contribution >= 4 is 27.8 Å². The third-order valence-electron chi connectivity index (χ3n) is 6.54. The lowest BCUT2D eigenvalue weighted by atomic mass is 9.73. The van der Waals surface area contributed by atoms with Gasteiger partial charge in [-0.05, 0) is 61.8 Å². The normalized spacial score (nSPS) is 14.3. The number of aliphatic hydroxyl groups is 1. The Hall–Kier alpha value is -1.55. The second-order valence-corrected chi connectivity index (χ2v) is 13.6. The molecule has 0 aliphatic carbocycles. The minimum absolute atomic E-state index is 0.113. The van der Waals surface area contributed by atoms with Crippen LogP contribution in [0.5, 0.6) is 5.75 Å². The molecule has 0 radical (unpaired) electrons. The Bertz CT molecular complexity index is 1000. The zero-order valence-electron chi connectivity index (χ0n) is 22.6. The van der Waals surface area contributed by atoms with Crippen LogP contribution >= 0.6 is 11.8 Å². The molecule has 0 heterocycles. The van der Waals surface area contributed by atoms with Crippen LogP contribution in [-0.4, -0.2) is 49.1 Å². The number of nitrogens with one attached hydrogen (secondary N) is 1. The van der Waals surface area contributed by atoms with E-state index in [9.17, 15) is 18.3 Å². The van der Waals surface area contributed by atoms with Gasteiger partial charge in [0.15, 0.2) is 0 Å². The summed E-state index contributed by atoms with van der Waals surface area (Å²) in [4.78, 5) is 10.9. The first kappa shape index (κ1) is 31.5. The molecule has 35 heavy (non-hydrogen) atoms. The average molecular weight is 530 g/mol. The summed E-state index contributed by atoms with van der Waals surface area (Å²) in [6.07, 6.45) is 0.986. The third kappa shape index (κ3) is 8.23. The summed E-state index contributed by atoms with van der Waals surface area (Å²) < 4.78 is 34.0. The molecule has 0 aliphatic rings. The Kier molecular flexibility index (Phi) is 11.3. The van der Waals surface area contributed by atoms with E-state index in [1.165, 1.54) is 11.8 Å². The number of aryl methyl sites for hydroxylation is 1. The van der Waals surface area contributed by atoms with Gasteiger partial charge in [-0.25, -0.2) is 8.42 Å². The fraction of sp³-hybridized carbons (Fsp3) is 0.654. The van der Waals surface area contributed by atoms with E-state index in [0.717, 1.165) is 24.0 Å². The van der Waals surface area contributed by atoms with Gasteiger partial charge < -0.3 is 14.9 Å². The first-order valence-electron chi connectivity index (χ1n) is 12.0. The standard InChI is InChI=1S/C26H43NO6S2/c1-10-26(11-2,19(6)34-24(17(3)4)35(31,32)27-15-23(29)30)20-12-13-21(18(5)14-20)33-16-22(28)25(7,8)9/h12-14,19,22,27-28H,10-11,15-16H2,1-9H3,(H,29,30). The number of carboxylic acids is 1. The lowest BCUT2D eigenvalue weighted by molar-refractivity contribution is -0.135. The Morgan fingerprint density at radius 2 is 1.74 bits per heavy atom. The van der Waals surface area contributed by atoms with Gasteiger partial charge in [-0.15, -0.1) is 11.8 Å². The lowest BCUT2D eigenvalue weighted by Gasteiger charge is -2.39. The largest absolute Gasteiger partial charge is 0.491 e. The van der Waals surface area contributed by atoms with Crippen LogP contribution in [-0.2, 0) is 20.2 Å². The number of rotatable bonds is 13. The number of aliphatic hydroxyl groups excluding tert-OH is 1. The molecule has 0 bridgehead atoms. The minimum atomic E-state index is -3.95. The molecule has 0 fully saturated rings. The quantitative estimate of drug-likeness (QED) is 0.321. The van der Waals surface area contributed by atoms with E-state index in [-0.39, 0.29) is 26.9 Å². The number of ether oxygens (including phenoxy) is 1. The van der Waals surface area contributed by atoms with Crippen molar-refractivity contribution in [1.29, 1.82) is 0 Å². The van der Waals surface area contributed by atoms with Gasteiger partial charge in [-0.3, -0.25) is 4.79 Å². The van der Waals surface area contributed by atoms with E-state index in [2.05, 4.69) is 24.6 Å². The predicted molar refractivity (Wildman–Crippen MR) is 144 cm³/mol. The molecule has 1 rings (SSSR count). The molecule has 0 saturated heterocycles. The molecule has 0 aromatic heterocycles. The van der Waals surface area contributed by atoms with Crippen LogP contribution < -0.4 is 9.46 Å². The van der Waals surface area contributed by atoms with Crippen molar-refractivity contribution in [2.24, 2.45) is 5.41 Å². The molecular formula is C26H43NO6S2. The average Bonchev–Trinajstić information content (AvgIpc) is 2.75. The highest BCUT2D eigenvalue weighted by molar-refractivity contribution is 8.18. The van der Waals surface area contributed by atoms with Gasteiger partial charge in [-0.1, -0.05) is 53.7 Å². The van der Waals surface area contributed by atoms with Gasteiger partial charge in [0, 0.05) is 10.7 Å². The van der Waals surface area contributed by atoms with Crippen molar-refractivity contribution < 1.29 is 28.2 Å². The van der Waals surface area contributed by atoms with Gasteiger partial charge in [0.1, 0.15) is 23.1 Å². The highest BCUT2D eigenvalue weighted by Crippen LogP contribution is 2.45. The van der Waals surface area contributed by atoms with Crippen LogP contribution in [0.15, 0.2) is 28.0 Å². The minimum Gasteiger partial charge on any atom is -0.491 e. The molecule has 0 spiro atoms. The van der Waals surface area contributed by atoms with Gasteiger partial charge in [0.2, 0.25) is 10.0 Å². The molecule has 7 nitrogen and oxygen atoms in total. The molecule has 3 N–H and O–H groups in total. The van der Waals surface area contributed by atoms with Gasteiger partial charge in [0.05, 0.1) is 6.10 Å². The molecule has 9 heteroatoms. The van der Waals surface area contributed by atoms with Gasteiger partial charge in [-0.2, -0.15) is 4.72 Å². The van der Waals surface area contributed by atoms with Gasteiger partial charge in [0.25, 0.3) is 0 Å². The van der Waals surface area contributed by atoms with Crippen LogP contribution in [0.3, 0.4) is 0 Å². The molecular weight excluding hydrogens is 486 g/mol. The van der Waals surface area contributed by atoms with Crippen molar-refractivity contribution in [2.75, 3.05) is 13.2 Å². The molecule has 0 aliphatic heterocycles. The van der Waals surface area contributed by atoms with Crippen LogP contribution in [0.1, 0.15) is 79.4 Å². The molecule has 1 aromatic rings. The molecule has 2 unspecified atom stereocenters. The smallest absolute Gasteiger partial charge is 0.318 e. The van der Waals surface area contributed by atoms with E-state index in [0.29, 0.717) is 11.3 Å². The first-order valence-corrected chi connectivity index (χ1v) is 14.4. The van der Waals surface area contributed by atoms with Crippen molar-refractivity contribution in [2.45, 2.75) is 91.9 Å². The van der Waals surface area contributed by atoms with E-state index in [1.807, 2.05) is 46.8 Å². The number of hydrogen-bond donors (Lipinski definition) is 3. The molecule has 1 aromatic carbocycles. The van der Waals surface area contributed by atoms with Crippen molar-refractivity contribution in [1.82, 2.24) is 4.72 Å². The fourth-order valence-electron chi connectivity index (χ4n) is 3.95. The Balaban J connectivity index is 3.27. The maximum absolute atomic E-state index is 12.9. The summed E-state index contributed by atoms with van der Waals surface area (Å²) in [6, 6.07) is 6.03. The summed E-state index contributed by atoms with van der Waals surface area (Å²) in [5.41, 5.74) is 2.06. The summed E-state index contributed by atoms with van der Waals surface area (Å²) >= 11 is 1.26. The SMILES string of the molecule is CCC(CC)(c1ccc(OCC(O)C(C)(C)C)c(C)c1)C(C)SC(=C(C)C)S(=O)(=O)NCC(=O)O. The Morgan fingerprint density at radius 3 is 2.17 bits per heavy atom. The molecule has 0 amide bonds. The number of carbonyl (C=O) groups is 1. The Morgan fingerprint density at radius 1 is 1.17 bits per heavy atom. The zero-order chi connectivity index (χ0) is 27.2. The summed E-state index contributed by atoms with van der Waals surface area (Å²) in [6.45, 7) is 17.1. The van der Waals surface area contributed by atoms with Crippen LogP contribution in [0.2, 0.25) is 0 Å². The van der Waals surface area contributed by atoms with E-state index in [4.69, 9.17) is 9.84 Å². The molecule has 200 valence electrons. The number of thioether (sulfide) groups is 1. The third-order valence-corrected chi connectivity index (χ3v) is 10.3. The number of hydrogen-bond acceptors (Lipinski definition) is 6. The summed E-state index contributed by atoms with van der Waals surface area (Å²) in [7, 11) is -3.95. The predicted octanol–water partition coefficient (Wildman–Crippen LogP) is 5.22. The van der Waals surface area contributed by atoms with Gasteiger partial charge >= 0.3 is 5.97 Å². The van der Waals surface area contributed by atoms with Crippen molar-refractivity contribution in [3.63, 3.8) is 0 Å². The van der Waals surface area contributed by atoms with E-state index < -0.39 is 28.6 Å². The fourth-order valence-corrected chi connectivity index (χ4v) is 7.30. The van der Waals surface area contributed by atoms with E-state index in [1.54, 1.807) is 13.8 Å². The maximum Gasteiger partial charge on any atom is 0.318 e. The molecule has 2 atom stereocenters. The highest BCUT2D eigenvalue weighted by Gasteiger charge is 2.38. The second-order valence-electron chi connectivity index (χ2n) is 10.3. The number of sulfonamides is 1. The second kappa shape index (κ2) is 12.6. The lowest BCUT2D eigenvalue weighted by Crippen LogP contribution is -2.36. The zero-order valence-corrected chi connectivity index (χ0v) is 24.2. The van der Waals surface area contributed by atoms with Crippen molar-refractivity contribution in [3.8, 4) is 5.75 Å². The maximum atomic E-state index is 12.9. The number of benzene rings is 1. The number of carboxylic acid groups (broad SMARTS) is 1. The summed E-state index contributed by atoms with van der Waals surface area (Å²) in [5, 5.41) is 19.1. The highest BCUT2D eigenvalue weighted by atomic mass is 32.3.